The van der Waals surface area contributed by atoms with Crippen molar-refractivity contribution in [2.45, 2.75) is 20.3 Å². The predicted octanol–water partition coefficient (Wildman–Crippen LogP) is 2.34. The smallest absolute Gasteiger partial charge is 0.313 e. The van der Waals surface area contributed by atoms with Crippen molar-refractivity contribution >= 4 is 17.5 Å². The molecule has 5 heteroatoms. The van der Waals surface area contributed by atoms with Crippen LogP contribution in [0.2, 0.25) is 0 Å². The SMILES string of the molecule is Cc1cccc(NC(=O)C(=O)N(C)CCc2ccncc2)c1C. The lowest BCUT2D eigenvalue weighted by Gasteiger charge is -2.17. The van der Waals surface area contributed by atoms with Gasteiger partial charge in [-0.1, -0.05) is 12.1 Å². The fourth-order valence-corrected chi connectivity index (χ4v) is 2.18. The highest BCUT2D eigenvalue weighted by molar-refractivity contribution is 6.39. The van der Waals surface area contributed by atoms with E-state index in [1.807, 2.05) is 38.1 Å². The first-order valence-corrected chi connectivity index (χ1v) is 7.50. The number of likely N-dealkylation sites (N-methyl/N-ethyl adjacent to an activating group) is 1. The Morgan fingerprint density at radius 3 is 2.52 bits per heavy atom. The highest BCUT2D eigenvalue weighted by Gasteiger charge is 2.19. The number of carbonyl (C=O) groups is 2. The predicted molar refractivity (Wildman–Crippen MR) is 90.1 cm³/mol. The van der Waals surface area contributed by atoms with E-state index >= 15 is 0 Å². The first-order valence-electron chi connectivity index (χ1n) is 7.50. The number of aryl methyl sites for hydroxylation is 1. The standard InChI is InChI=1S/C18H21N3O2/c1-13-5-4-6-16(14(13)2)20-17(22)18(23)21(3)12-9-15-7-10-19-11-8-15/h4-8,10-11H,9,12H2,1-3H3,(H,20,22). The van der Waals surface area contributed by atoms with Gasteiger partial charge in [-0.15, -0.1) is 0 Å². The molecule has 0 atom stereocenters. The topological polar surface area (TPSA) is 62.3 Å². The van der Waals surface area contributed by atoms with Gasteiger partial charge >= 0.3 is 11.8 Å². The number of benzene rings is 1. The summed E-state index contributed by atoms with van der Waals surface area (Å²) < 4.78 is 0. The molecular weight excluding hydrogens is 290 g/mol. The highest BCUT2D eigenvalue weighted by Crippen LogP contribution is 2.17. The average molecular weight is 311 g/mol. The van der Waals surface area contributed by atoms with E-state index in [1.165, 1.54) is 4.90 Å². The molecule has 0 radical (unpaired) electrons. The zero-order valence-corrected chi connectivity index (χ0v) is 13.7. The molecule has 1 aromatic carbocycles. The van der Waals surface area contributed by atoms with Crippen LogP contribution in [-0.2, 0) is 16.0 Å². The molecule has 1 N–H and O–H groups in total. The van der Waals surface area contributed by atoms with Crippen molar-refractivity contribution in [2.75, 3.05) is 18.9 Å². The van der Waals surface area contributed by atoms with E-state index in [4.69, 9.17) is 0 Å². The van der Waals surface area contributed by atoms with Gasteiger partial charge in [-0.05, 0) is 55.2 Å². The van der Waals surface area contributed by atoms with E-state index in [9.17, 15) is 9.59 Å². The molecule has 0 aliphatic heterocycles. The van der Waals surface area contributed by atoms with Crippen molar-refractivity contribution < 1.29 is 9.59 Å². The molecule has 0 aliphatic carbocycles. The lowest BCUT2D eigenvalue weighted by atomic mass is 10.1. The van der Waals surface area contributed by atoms with Crippen LogP contribution in [0.15, 0.2) is 42.7 Å². The van der Waals surface area contributed by atoms with Crippen molar-refractivity contribution in [3.63, 3.8) is 0 Å². The number of anilines is 1. The molecule has 0 saturated heterocycles. The van der Waals surface area contributed by atoms with Crippen molar-refractivity contribution in [2.24, 2.45) is 0 Å². The third-order valence-corrected chi connectivity index (χ3v) is 3.88. The summed E-state index contributed by atoms with van der Waals surface area (Å²) in [5, 5.41) is 2.69. The van der Waals surface area contributed by atoms with Crippen LogP contribution in [0.4, 0.5) is 5.69 Å². The number of rotatable bonds is 4. The molecule has 2 rings (SSSR count). The Morgan fingerprint density at radius 2 is 1.83 bits per heavy atom. The van der Waals surface area contributed by atoms with Gasteiger partial charge in [0.25, 0.3) is 0 Å². The van der Waals surface area contributed by atoms with E-state index in [0.29, 0.717) is 18.7 Å². The van der Waals surface area contributed by atoms with Crippen LogP contribution in [0.3, 0.4) is 0 Å². The minimum atomic E-state index is -0.615. The summed E-state index contributed by atoms with van der Waals surface area (Å²) in [5.74, 6) is -1.16. The second-order valence-electron chi connectivity index (χ2n) is 5.53. The van der Waals surface area contributed by atoms with E-state index in [1.54, 1.807) is 25.5 Å². The number of nitrogens with one attached hydrogen (secondary N) is 1. The summed E-state index contributed by atoms with van der Waals surface area (Å²) >= 11 is 0. The number of nitrogens with zero attached hydrogens (tertiary/aromatic N) is 2. The maximum Gasteiger partial charge on any atom is 0.313 e. The monoisotopic (exact) mass is 311 g/mol. The molecule has 0 unspecified atom stereocenters. The van der Waals surface area contributed by atoms with Gasteiger partial charge in [0.1, 0.15) is 0 Å². The molecule has 120 valence electrons. The summed E-state index contributed by atoms with van der Waals surface area (Å²) in [6.07, 6.45) is 4.11. The van der Waals surface area contributed by atoms with Gasteiger partial charge in [-0.25, -0.2) is 0 Å². The zero-order valence-electron chi connectivity index (χ0n) is 13.7. The van der Waals surface area contributed by atoms with Crippen LogP contribution in [-0.4, -0.2) is 35.3 Å². The third kappa shape index (κ3) is 4.39. The summed E-state index contributed by atoms with van der Waals surface area (Å²) in [4.78, 5) is 29.7. The number of aromatic nitrogens is 1. The van der Waals surface area contributed by atoms with Gasteiger partial charge in [0.05, 0.1) is 0 Å². The van der Waals surface area contributed by atoms with Crippen molar-refractivity contribution in [3.05, 3.63) is 59.4 Å². The summed E-state index contributed by atoms with van der Waals surface area (Å²) in [6.45, 7) is 4.36. The molecule has 1 heterocycles. The summed E-state index contributed by atoms with van der Waals surface area (Å²) in [6, 6.07) is 9.41. The summed E-state index contributed by atoms with van der Waals surface area (Å²) in [7, 11) is 1.63. The number of hydrogen-bond donors (Lipinski definition) is 1. The van der Waals surface area contributed by atoms with Gasteiger partial charge in [-0.3, -0.25) is 14.6 Å². The Hall–Kier alpha value is -2.69. The molecule has 5 nitrogen and oxygen atoms in total. The first kappa shape index (κ1) is 16.7. The van der Waals surface area contributed by atoms with Gasteiger partial charge in [0, 0.05) is 31.7 Å². The fraction of sp³-hybridized carbons (Fsp3) is 0.278. The second kappa shape index (κ2) is 7.54. The Morgan fingerprint density at radius 1 is 1.13 bits per heavy atom. The Balaban J connectivity index is 1.93. The Labute approximate surface area is 136 Å². The minimum absolute atomic E-state index is 0.475. The van der Waals surface area contributed by atoms with Crippen molar-refractivity contribution in [1.29, 1.82) is 0 Å². The normalized spacial score (nSPS) is 10.2. The van der Waals surface area contributed by atoms with Crippen LogP contribution in [0, 0.1) is 13.8 Å². The average Bonchev–Trinajstić information content (AvgIpc) is 2.57. The number of hydrogen-bond acceptors (Lipinski definition) is 3. The quantitative estimate of drug-likeness (QED) is 0.882. The van der Waals surface area contributed by atoms with Crippen LogP contribution in [0.25, 0.3) is 0 Å². The van der Waals surface area contributed by atoms with E-state index in [-0.39, 0.29) is 0 Å². The maximum atomic E-state index is 12.2. The first-order chi connectivity index (χ1) is 11.0. The molecular formula is C18H21N3O2. The Kier molecular flexibility index (Phi) is 5.46. The van der Waals surface area contributed by atoms with Gasteiger partial charge < -0.3 is 10.2 Å². The zero-order chi connectivity index (χ0) is 16.8. The molecule has 0 aliphatic rings. The second-order valence-corrected chi connectivity index (χ2v) is 5.53. The number of carbonyl (C=O) groups excluding carboxylic acids is 2. The number of pyridine rings is 1. The van der Waals surface area contributed by atoms with Crippen molar-refractivity contribution in [1.82, 2.24) is 9.88 Å². The molecule has 23 heavy (non-hydrogen) atoms. The van der Waals surface area contributed by atoms with Gasteiger partial charge in [0.2, 0.25) is 0 Å². The van der Waals surface area contributed by atoms with Gasteiger partial charge in [0.15, 0.2) is 0 Å². The van der Waals surface area contributed by atoms with Crippen molar-refractivity contribution in [3.8, 4) is 0 Å². The number of amides is 2. The molecule has 1 aromatic heterocycles. The van der Waals surface area contributed by atoms with Gasteiger partial charge in [-0.2, -0.15) is 0 Å². The third-order valence-electron chi connectivity index (χ3n) is 3.88. The highest BCUT2D eigenvalue weighted by atomic mass is 16.2. The minimum Gasteiger partial charge on any atom is -0.337 e. The molecule has 0 spiro atoms. The largest absolute Gasteiger partial charge is 0.337 e. The lowest BCUT2D eigenvalue weighted by molar-refractivity contribution is -0.142. The van der Waals surface area contributed by atoms with E-state index < -0.39 is 11.8 Å². The van der Waals surface area contributed by atoms with E-state index in [0.717, 1.165) is 16.7 Å². The lowest BCUT2D eigenvalue weighted by Crippen LogP contribution is -2.38. The molecule has 2 amide bonds. The van der Waals surface area contributed by atoms with Crippen LogP contribution in [0.5, 0.6) is 0 Å². The molecule has 0 bridgehead atoms. The molecule has 0 fully saturated rings. The summed E-state index contributed by atoms with van der Waals surface area (Å²) in [5.41, 5.74) is 3.79. The maximum absolute atomic E-state index is 12.2. The van der Waals surface area contributed by atoms with Crippen LogP contribution in [0.1, 0.15) is 16.7 Å². The van der Waals surface area contributed by atoms with Crippen LogP contribution < -0.4 is 5.32 Å². The van der Waals surface area contributed by atoms with Crippen LogP contribution >= 0.6 is 0 Å². The van der Waals surface area contributed by atoms with E-state index in [2.05, 4.69) is 10.3 Å². The molecule has 2 aromatic rings. The molecule has 0 saturated carbocycles. The Bertz CT molecular complexity index is 699. The fourth-order valence-electron chi connectivity index (χ4n) is 2.18.